The van der Waals surface area contributed by atoms with Crippen LogP contribution in [0.15, 0.2) is 11.3 Å². The van der Waals surface area contributed by atoms with Crippen LogP contribution in [0.1, 0.15) is 58.8 Å². The normalized spacial score (nSPS) is 27.2. The van der Waals surface area contributed by atoms with Gasteiger partial charge in [-0.05, 0) is 43.4 Å². The van der Waals surface area contributed by atoms with Gasteiger partial charge in [-0.15, -0.1) is 0 Å². The molecule has 0 heterocycles. The van der Waals surface area contributed by atoms with E-state index in [1.54, 1.807) is 0 Å². The molecule has 1 aliphatic carbocycles. The number of ketones is 1. The monoisotopic (exact) mass is 338 g/mol. The molecule has 3 nitrogen and oxygen atoms in total. The van der Waals surface area contributed by atoms with Gasteiger partial charge in [-0.2, -0.15) is 0 Å². The van der Waals surface area contributed by atoms with Crippen molar-refractivity contribution in [3.63, 3.8) is 0 Å². The molecule has 23 heavy (non-hydrogen) atoms. The Morgan fingerprint density at radius 2 is 1.87 bits per heavy atom. The maximum Gasteiger partial charge on any atom is 0.303 e. The third kappa shape index (κ3) is 7.02. The van der Waals surface area contributed by atoms with E-state index >= 15 is 0 Å². The first kappa shape index (κ1) is 20.1. The molecule has 4 heteroatoms. The van der Waals surface area contributed by atoms with E-state index in [-0.39, 0.29) is 12.3 Å². The Balaban J connectivity index is 2.97. The zero-order chi connectivity index (χ0) is 17.6. The number of allylic oxidation sites excluding steroid dienone is 1. The van der Waals surface area contributed by atoms with Crippen LogP contribution >= 0.6 is 0 Å². The topological polar surface area (TPSA) is 54.4 Å². The van der Waals surface area contributed by atoms with Gasteiger partial charge in [0.1, 0.15) is 5.78 Å². The molecule has 0 radical (unpaired) electrons. The second-order valence-electron chi connectivity index (χ2n) is 8.29. The van der Waals surface area contributed by atoms with E-state index in [4.69, 9.17) is 0 Å². The number of carbonyl (C=O) groups is 2. The van der Waals surface area contributed by atoms with E-state index in [0.29, 0.717) is 30.5 Å². The van der Waals surface area contributed by atoms with Crippen molar-refractivity contribution in [1.29, 1.82) is 0 Å². The lowest BCUT2D eigenvalue weighted by Crippen LogP contribution is -2.31. The number of aliphatic carboxylic acids is 1. The van der Waals surface area contributed by atoms with E-state index in [1.807, 2.05) is 6.92 Å². The number of carboxylic acid groups (broad SMARTS) is 1. The smallest absolute Gasteiger partial charge is 0.303 e. The molecule has 0 spiro atoms. The number of Topliss-reactive ketones (excluding diaryl/α,β-unsaturated/α-hetero) is 1. The molecule has 3 atom stereocenters. The Morgan fingerprint density at radius 3 is 2.39 bits per heavy atom. The highest BCUT2D eigenvalue weighted by Gasteiger charge is 2.34. The Morgan fingerprint density at radius 1 is 1.22 bits per heavy atom. The molecule has 0 aliphatic heterocycles. The van der Waals surface area contributed by atoms with E-state index in [0.717, 1.165) is 25.7 Å². The van der Waals surface area contributed by atoms with Crippen molar-refractivity contribution < 1.29 is 14.7 Å². The first-order chi connectivity index (χ1) is 10.6. The molecule has 0 saturated heterocycles. The minimum atomic E-state index is -1.42. The van der Waals surface area contributed by atoms with E-state index in [1.165, 1.54) is 5.57 Å². The summed E-state index contributed by atoms with van der Waals surface area (Å²) in [6, 6.07) is 0. The quantitative estimate of drug-likeness (QED) is 0.628. The number of carbonyl (C=O) groups excluding carboxylic acids is 1. The first-order valence-corrected chi connectivity index (χ1v) is 12.7. The highest BCUT2D eigenvalue weighted by atomic mass is 28.3. The summed E-state index contributed by atoms with van der Waals surface area (Å²) in [5.74, 6) is 0.763. The van der Waals surface area contributed by atoms with E-state index in [2.05, 4.69) is 32.3 Å². The molecule has 0 amide bonds. The SMILES string of the molecule is CCCC(=O)CC[C@@H]1/C(=C/[Si](C)(C)C)[C@H](CC(=O)O)CC[C@H]1C. The molecule has 0 aromatic carbocycles. The number of carboxylic acids is 1. The van der Waals surface area contributed by atoms with Gasteiger partial charge in [0.25, 0.3) is 0 Å². The molecule has 1 aliphatic rings. The van der Waals surface area contributed by atoms with Crippen LogP contribution in [0.5, 0.6) is 0 Å². The maximum absolute atomic E-state index is 11.9. The van der Waals surface area contributed by atoms with Gasteiger partial charge in [-0.1, -0.05) is 44.8 Å². The molecule has 0 unspecified atom stereocenters. The first-order valence-electron chi connectivity index (χ1n) is 9.10. The van der Waals surface area contributed by atoms with Gasteiger partial charge < -0.3 is 5.11 Å². The maximum atomic E-state index is 11.9. The van der Waals surface area contributed by atoms with Crippen molar-refractivity contribution in [2.45, 2.75) is 78.4 Å². The summed E-state index contributed by atoms with van der Waals surface area (Å²) >= 11 is 0. The van der Waals surface area contributed by atoms with Crippen molar-refractivity contribution in [1.82, 2.24) is 0 Å². The fraction of sp³-hybridized carbons (Fsp3) is 0.789. The summed E-state index contributed by atoms with van der Waals surface area (Å²) in [5.41, 5.74) is 3.78. The summed E-state index contributed by atoms with van der Waals surface area (Å²) in [4.78, 5) is 23.2. The van der Waals surface area contributed by atoms with Crippen LogP contribution in [0, 0.1) is 17.8 Å². The number of rotatable bonds is 8. The Bertz CT molecular complexity index is 448. The molecule has 1 N–H and O–H groups in total. The molecular formula is C19H34O3Si. The van der Waals surface area contributed by atoms with Gasteiger partial charge in [0.2, 0.25) is 0 Å². The average Bonchev–Trinajstić information content (AvgIpc) is 2.39. The molecule has 0 aromatic heterocycles. The van der Waals surface area contributed by atoms with Gasteiger partial charge in [-0.25, -0.2) is 0 Å². The van der Waals surface area contributed by atoms with Crippen LogP contribution in [0.2, 0.25) is 19.6 Å². The Labute approximate surface area is 142 Å². The van der Waals surface area contributed by atoms with Crippen LogP contribution in [0.4, 0.5) is 0 Å². The van der Waals surface area contributed by atoms with Crippen LogP contribution in [-0.2, 0) is 9.59 Å². The van der Waals surface area contributed by atoms with Crippen molar-refractivity contribution in [3.8, 4) is 0 Å². The van der Waals surface area contributed by atoms with E-state index in [9.17, 15) is 14.7 Å². The van der Waals surface area contributed by atoms with Gasteiger partial charge in [0.05, 0.1) is 14.5 Å². The Kier molecular flexibility index (Phi) is 7.72. The van der Waals surface area contributed by atoms with E-state index < -0.39 is 14.0 Å². The standard InChI is InChI=1S/C19H34O3Si/c1-6-7-16(20)10-11-17-14(2)8-9-15(12-19(21)22)18(17)13-23(3,4)5/h13-15,17H,6-12H2,1-5H3,(H,21,22)/b18-13+/t14-,15+,17+/m1/s1. The van der Waals surface area contributed by atoms with Crippen LogP contribution in [0.3, 0.4) is 0 Å². The van der Waals surface area contributed by atoms with Gasteiger partial charge >= 0.3 is 5.97 Å². The third-order valence-electron chi connectivity index (χ3n) is 4.84. The Hall–Kier alpha value is -0.903. The minimum absolute atomic E-state index is 0.168. The molecule has 132 valence electrons. The second-order valence-corrected chi connectivity index (χ2v) is 13.3. The predicted octanol–water partition coefficient (Wildman–Crippen LogP) is 5.08. The van der Waals surface area contributed by atoms with Crippen LogP contribution in [-0.4, -0.2) is 24.9 Å². The van der Waals surface area contributed by atoms with Crippen molar-refractivity contribution in [2.24, 2.45) is 17.8 Å². The zero-order valence-electron chi connectivity index (χ0n) is 15.5. The van der Waals surface area contributed by atoms with Crippen LogP contribution < -0.4 is 0 Å². The fourth-order valence-electron chi connectivity index (χ4n) is 3.79. The van der Waals surface area contributed by atoms with Gasteiger partial charge in [0, 0.05) is 12.8 Å². The molecule has 0 aromatic rings. The highest BCUT2D eigenvalue weighted by molar-refractivity contribution is 6.81. The lowest BCUT2D eigenvalue weighted by molar-refractivity contribution is -0.138. The second kappa shape index (κ2) is 8.81. The van der Waals surface area contributed by atoms with Crippen molar-refractivity contribution in [2.75, 3.05) is 0 Å². The highest BCUT2D eigenvalue weighted by Crippen LogP contribution is 2.43. The molecule has 1 rings (SSSR count). The largest absolute Gasteiger partial charge is 0.481 e. The summed E-state index contributed by atoms with van der Waals surface area (Å²) in [6.45, 7) is 11.2. The lowest BCUT2D eigenvalue weighted by Gasteiger charge is -2.38. The van der Waals surface area contributed by atoms with Crippen molar-refractivity contribution in [3.05, 3.63) is 11.3 Å². The fourth-order valence-corrected chi connectivity index (χ4v) is 5.24. The molecule has 1 saturated carbocycles. The lowest BCUT2D eigenvalue weighted by atomic mass is 9.69. The summed E-state index contributed by atoms with van der Waals surface area (Å²) in [7, 11) is -1.42. The average molecular weight is 339 g/mol. The molecule has 0 bridgehead atoms. The minimum Gasteiger partial charge on any atom is -0.481 e. The number of hydrogen-bond donors (Lipinski definition) is 1. The summed E-state index contributed by atoms with van der Waals surface area (Å²) < 4.78 is 0. The van der Waals surface area contributed by atoms with Gasteiger partial charge in [-0.3, -0.25) is 9.59 Å². The summed E-state index contributed by atoms with van der Waals surface area (Å²) in [5, 5.41) is 9.25. The molecule has 1 fully saturated rings. The third-order valence-corrected chi connectivity index (χ3v) is 6.04. The van der Waals surface area contributed by atoms with Crippen LogP contribution in [0.25, 0.3) is 0 Å². The predicted molar refractivity (Wildman–Crippen MR) is 98.2 cm³/mol. The van der Waals surface area contributed by atoms with Gasteiger partial charge in [0.15, 0.2) is 0 Å². The summed E-state index contributed by atoms with van der Waals surface area (Å²) in [6.07, 6.45) is 5.42. The zero-order valence-corrected chi connectivity index (χ0v) is 16.5. The molecular weight excluding hydrogens is 304 g/mol. The van der Waals surface area contributed by atoms with Crippen molar-refractivity contribution >= 4 is 19.8 Å². The number of hydrogen-bond acceptors (Lipinski definition) is 2.